The number of carboxylic acids is 1. The Balaban J connectivity index is 3.49. The summed E-state index contributed by atoms with van der Waals surface area (Å²) in [4.78, 5) is 23.4. The van der Waals surface area contributed by atoms with Crippen LogP contribution in [0.3, 0.4) is 0 Å². The van der Waals surface area contributed by atoms with Crippen LogP contribution in [0.2, 0.25) is 0 Å². The van der Waals surface area contributed by atoms with Crippen molar-refractivity contribution in [3.8, 4) is 5.75 Å². The van der Waals surface area contributed by atoms with E-state index in [0.717, 1.165) is 0 Å². The third-order valence-corrected chi connectivity index (χ3v) is 1.70. The quantitative estimate of drug-likeness (QED) is 0.662. The smallest absolute Gasteiger partial charge is 0.477 e. The number of carbonyl (C=O) groups is 1. The maximum atomic E-state index is 12.0. The Morgan fingerprint density at radius 2 is 2.11 bits per heavy atom. The molecule has 0 amide bonds. The molecule has 18 heavy (non-hydrogen) atoms. The molecule has 0 aliphatic rings. The van der Waals surface area contributed by atoms with Gasteiger partial charge in [-0.1, -0.05) is 0 Å². The number of aryl methyl sites for hydroxylation is 1. The molecule has 1 aromatic heterocycles. The molecule has 10 heteroatoms. The highest BCUT2D eigenvalue weighted by atomic mass is 19.4. The molecule has 0 atom stereocenters. The SMILES string of the molecule is Cc1cc(OC(F)(F)F)c(C(=O)O)c([N+](=O)[O-])n1. The predicted molar refractivity (Wildman–Crippen MR) is 49.3 cm³/mol. The minimum atomic E-state index is -5.16. The lowest BCUT2D eigenvalue weighted by Crippen LogP contribution is -2.20. The molecule has 0 spiro atoms. The summed E-state index contributed by atoms with van der Waals surface area (Å²) < 4.78 is 39.6. The average Bonchev–Trinajstić information content (AvgIpc) is 2.12. The zero-order valence-corrected chi connectivity index (χ0v) is 8.69. The maximum absolute atomic E-state index is 12.0. The molecule has 0 bridgehead atoms. The van der Waals surface area contributed by atoms with Crippen LogP contribution in [-0.2, 0) is 0 Å². The van der Waals surface area contributed by atoms with E-state index < -0.39 is 34.4 Å². The van der Waals surface area contributed by atoms with E-state index in [1.807, 2.05) is 0 Å². The number of rotatable bonds is 3. The number of nitrogens with zero attached hydrogens (tertiary/aromatic N) is 2. The highest BCUT2D eigenvalue weighted by Gasteiger charge is 2.37. The summed E-state index contributed by atoms with van der Waals surface area (Å²) in [5.41, 5.74) is -1.42. The van der Waals surface area contributed by atoms with Crippen LogP contribution in [0.25, 0.3) is 0 Å². The molecule has 1 aromatic rings. The summed E-state index contributed by atoms with van der Waals surface area (Å²) in [6.07, 6.45) is -5.16. The van der Waals surface area contributed by atoms with Gasteiger partial charge in [-0.3, -0.25) is 0 Å². The van der Waals surface area contributed by atoms with Gasteiger partial charge in [-0.05, 0) is 9.91 Å². The van der Waals surface area contributed by atoms with Crippen LogP contribution >= 0.6 is 0 Å². The first-order valence-corrected chi connectivity index (χ1v) is 4.27. The van der Waals surface area contributed by atoms with Gasteiger partial charge in [0, 0.05) is 13.0 Å². The second-order valence-electron chi connectivity index (χ2n) is 3.07. The molecular formula is C8H5F3N2O5. The molecule has 7 nitrogen and oxygen atoms in total. The van der Waals surface area contributed by atoms with Gasteiger partial charge in [0.2, 0.25) is 0 Å². The number of hydrogen-bond donors (Lipinski definition) is 1. The van der Waals surface area contributed by atoms with Crippen LogP contribution in [0.1, 0.15) is 16.1 Å². The van der Waals surface area contributed by atoms with Crippen molar-refractivity contribution in [1.82, 2.24) is 4.98 Å². The van der Waals surface area contributed by atoms with E-state index >= 15 is 0 Å². The lowest BCUT2D eigenvalue weighted by molar-refractivity contribution is -0.390. The van der Waals surface area contributed by atoms with Crippen LogP contribution in [0.5, 0.6) is 5.75 Å². The van der Waals surface area contributed by atoms with Crippen LogP contribution < -0.4 is 4.74 Å². The molecule has 1 rings (SSSR count). The molecule has 1 heterocycles. The normalized spacial score (nSPS) is 11.1. The molecular weight excluding hydrogens is 261 g/mol. The highest BCUT2D eigenvalue weighted by molar-refractivity contribution is 5.94. The fourth-order valence-corrected chi connectivity index (χ4v) is 1.17. The first kappa shape index (κ1) is 13.7. The van der Waals surface area contributed by atoms with E-state index in [1.54, 1.807) is 0 Å². The number of ether oxygens (including phenoxy) is 1. The fraction of sp³-hybridized carbons (Fsp3) is 0.250. The van der Waals surface area contributed by atoms with E-state index in [0.29, 0.717) is 6.07 Å². The van der Waals surface area contributed by atoms with Crippen LogP contribution in [0.4, 0.5) is 19.0 Å². The van der Waals surface area contributed by atoms with E-state index in [-0.39, 0.29) is 5.69 Å². The Bertz CT molecular complexity index is 514. The Labute approximate surface area is 97.0 Å². The van der Waals surface area contributed by atoms with Gasteiger partial charge in [0.05, 0.1) is 0 Å². The van der Waals surface area contributed by atoms with Gasteiger partial charge in [-0.2, -0.15) is 0 Å². The average molecular weight is 266 g/mol. The van der Waals surface area contributed by atoms with Gasteiger partial charge >= 0.3 is 18.1 Å². The third kappa shape index (κ3) is 3.06. The van der Waals surface area contributed by atoms with Crippen LogP contribution in [0.15, 0.2) is 6.07 Å². The number of aromatic nitrogens is 1. The third-order valence-electron chi connectivity index (χ3n) is 1.70. The first-order valence-electron chi connectivity index (χ1n) is 4.27. The molecule has 1 N–H and O–H groups in total. The van der Waals surface area contributed by atoms with Crippen molar-refractivity contribution >= 4 is 11.8 Å². The number of nitro groups is 1. The van der Waals surface area contributed by atoms with Gasteiger partial charge in [0.15, 0.2) is 17.0 Å². The van der Waals surface area contributed by atoms with Crippen LogP contribution in [-0.4, -0.2) is 27.3 Å². The van der Waals surface area contributed by atoms with Gasteiger partial charge in [-0.25, -0.2) is 4.79 Å². The molecule has 0 aliphatic heterocycles. The fourth-order valence-electron chi connectivity index (χ4n) is 1.17. The van der Waals surface area contributed by atoms with Crippen molar-refractivity contribution in [3.63, 3.8) is 0 Å². The Kier molecular flexibility index (Phi) is 3.39. The van der Waals surface area contributed by atoms with Gasteiger partial charge in [-0.15, -0.1) is 13.2 Å². The predicted octanol–water partition coefficient (Wildman–Crippen LogP) is 1.90. The Hall–Kier alpha value is -2.39. The number of alkyl halides is 3. The van der Waals surface area contributed by atoms with Crippen molar-refractivity contribution in [3.05, 3.63) is 27.4 Å². The van der Waals surface area contributed by atoms with E-state index in [1.165, 1.54) is 6.92 Å². The number of aromatic carboxylic acids is 1. The summed E-state index contributed by atoms with van der Waals surface area (Å²) in [5.74, 6) is -4.32. The second kappa shape index (κ2) is 4.47. The molecule has 0 aromatic carbocycles. The van der Waals surface area contributed by atoms with E-state index in [4.69, 9.17) is 5.11 Å². The highest BCUT2D eigenvalue weighted by Crippen LogP contribution is 2.31. The lowest BCUT2D eigenvalue weighted by Gasteiger charge is -2.10. The van der Waals surface area contributed by atoms with Crippen molar-refractivity contribution in [2.45, 2.75) is 13.3 Å². The minimum Gasteiger partial charge on any atom is -0.477 e. The summed E-state index contributed by atoms with van der Waals surface area (Å²) in [5, 5.41) is 19.2. The second-order valence-corrected chi connectivity index (χ2v) is 3.07. The van der Waals surface area contributed by atoms with Crippen molar-refractivity contribution in [2.75, 3.05) is 0 Å². The number of halogens is 3. The minimum absolute atomic E-state index is 0.175. The molecule has 0 radical (unpaired) electrons. The van der Waals surface area contributed by atoms with E-state index in [9.17, 15) is 28.1 Å². The first-order chi connectivity index (χ1) is 8.11. The van der Waals surface area contributed by atoms with Gasteiger partial charge < -0.3 is 20.0 Å². The van der Waals surface area contributed by atoms with Crippen molar-refractivity contribution in [2.24, 2.45) is 0 Å². The summed E-state index contributed by atoms with van der Waals surface area (Å²) in [7, 11) is 0. The lowest BCUT2D eigenvalue weighted by atomic mass is 10.2. The standard InChI is InChI=1S/C8H5F3N2O5/c1-3-2-4(18-8(9,10)11)5(7(14)15)6(12-3)13(16)17/h2H,1H3,(H,14,15). The number of hydrogen-bond acceptors (Lipinski definition) is 5. The molecule has 0 aliphatic carbocycles. The molecule has 98 valence electrons. The number of pyridine rings is 1. The number of carboxylic acid groups (broad SMARTS) is 1. The summed E-state index contributed by atoms with van der Waals surface area (Å²) >= 11 is 0. The summed E-state index contributed by atoms with van der Waals surface area (Å²) in [6.45, 7) is 1.17. The monoisotopic (exact) mass is 266 g/mol. The summed E-state index contributed by atoms with van der Waals surface area (Å²) in [6, 6.07) is 0.657. The Morgan fingerprint density at radius 1 is 1.56 bits per heavy atom. The zero-order valence-electron chi connectivity index (χ0n) is 8.69. The van der Waals surface area contributed by atoms with Crippen LogP contribution in [0, 0.1) is 17.0 Å². The van der Waals surface area contributed by atoms with E-state index in [2.05, 4.69) is 9.72 Å². The van der Waals surface area contributed by atoms with Crippen molar-refractivity contribution in [1.29, 1.82) is 0 Å². The largest absolute Gasteiger partial charge is 0.573 e. The zero-order chi connectivity index (χ0) is 14.1. The maximum Gasteiger partial charge on any atom is 0.573 e. The van der Waals surface area contributed by atoms with Gasteiger partial charge in [0.1, 0.15) is 0 Å². The molecule has 0 saturated carbocycles. The Morgan fingerprint density at radius 3 is 2.50 bits per heavy atom. The topological polar surface area (TPSA) is 103 Å². The molecule has 0 fully saturated rings. The molecule has 0 saturated heterocycles. The van der Waals surface area contributed by atoms with Gasteiger partial charge in [0.25, 0.3) is 0 Å². The van der Waals surface area contributed by atoms with Crippen molar-refractivity contribution < 1.29 is 32.7 Å². The molecule has 0 unspecified atom stereocenters.